The summed E-state index contributed by atoms with van der Waals surface area (Å²) >= 11 is 11.9. The molecule has 1 aromatic carbocycles. The molecule has 0 saturated carbocycles. The summed E-state index contributed by atoms with van der Waals surface area (Å²) in [7, 11) is 1.70. The zero-order chi connectivity index (χ0) is 11.1. The maximum Gasteiger partial charge on any atom is 0.0637 e. The van der Waals surface area contributed by atoms with Crippen molar-refractivity contribution in [2.24, 2.45) is 0 Å². The summed E-state index contributed by atoms with van der Waals surface area (Å²) in [6.07, 6.45) is 0.995. The van der Waals surface area contributed by atoms with Crippen LogP contribution in [0.25, 0.3) is 0 Å². The Morgan fingerprint density at radius 1 is 1.31 bits per heavy atom. The minimum absolute atomic E-state index is 0. The van der Waals surface area contributed by atoms with Crippen LogP contribution in [0, 0.1) is 0 Å². The van der Waals surface area contributed by atoms with Gasteiger partial charge in [-0.15, -0.1) is 12.4 Å². The summed E-state index contributed by atoms with van der Waals surface area (Å²) < 4.78 is 4.95. The molecule has 0 amide bonds. The van der Waals surface area contributed by atoms with Gasteiger partial charge in [0.25, 0.3) is 0 Å². The molecule has 0 aliphatic carbocycles. The fourth-order valence-corrected chi connectivity index (χ4v) is 1.64. The lowest BCUT2D eigenvalue weighted by Gasteiger charge is -2.07. The summed E-state index contributed by atoms with van der Waals surface area (Å²) in [5, 5.41) is 4.52. The van der Waals surface area contributed by atoms with E-state index in [0.29, 0.717) is 10.0 Å². The molecule has 1 N–H and O–H groups in total. The van der Waals surface area contributed by atoms with Gasteiger partial charge in [-0.25, -0.2) is 0 Å². The molecule has 0 aliphatic rings. The molecule has 0 bridgehead atoms. The van der Waals surface area contributed by atoms with E-state index in [9.17, 15) is 0 Å². The van der Waals surface area contributed by atoms with E-state index in [-0.39, 0.29) is 12.4 Å². The number of ether oxygens (including phenoxy) is 1. The van der Waals surface area contributed by atoms with Crippen molar-refractivity contribution < 1.29 is 4.74 Å². The van der Waals surface area contributed by atoms with Crippen molar-refractivity contribution in [3.63, 3.8) is 0 Å². The van der Waals surface area contributed by atoms with Gasteiger partial charge >= 0.3 is 0 Å². The molecule has 1 aromatic rings. The maximum absolute atomic E-state index is 6.04. The van der Waals surface area contributed by atoms with Crippen molar-refractivity contribution in [1.82, 2.24) is 5.32 Å². The summed E-state index contributed by atoms with van der Waals surface area (Å²) in [5.74, 6) is 0. The van der Waals surface area contributed by atoms with Gasteiger partial charge in [-0.2, -0.15) is 0 Å². The van der Waals surface area contributed by atoms with E-state index in [4.69, 9.17) is 27.9 Å². The number of rotatable bonds is 6. The van der Waals surface area contributed by atoms with Gasteiger partial charge in [0.05, 0.1) is 10.0 Å². The van der Waals surface area contributed by atoms with Crippen LogP contribution in [0.3, 0.4) is 0 Å². The van der Waals surface area contributed by atoms with Gasteiger partial charge in [-0.05, 0) is 24.6 Å². The van der Waals surface area contributed by atoms with Crippen molar-refractivity contribution in [1.29, 1.82) is 0 Å². The zero-order valence-electron chi connectivity index (χ0n) is 9.13. The van der Waals surface area contributed by atoms with Gasteiger partial charge in [0.1, 0.15) is 0 Å². The van der Waals surface area contributed by atoms with Gasteiger partial charge < -0.3 is 10.1 Å². The van der Waals surface area contributed by atoms with E-state index in [1.54, 1.807) is 13.2 Å². The summed E-state index contributed by atoms with van der Waals surface area (Å²) in [4.78, 5) is 0. The number of benzene rings is 1. The molecule has 0 heterocycles. The molecule has 0 spiro atoms. The van der Waals surface area contributed by atoms with Gasteiger partial charge in [0, 0.05) is 20.3 Å². The predicted molar refractivity (Wildman–Crippen MR) is 71.9 cm³/mol. The van der Waals surface area contributed by atoms with Crippen LogP contribution < -0.4 is 5.32 Å². The predicted octanol–water partition coefficient (Wildman–Crippen LogP) is 3.54. The zero-order valence-corrected chi connectivity index (χ0v) is 11.5. The second-order valence-corrected chi connectivity index (χ2v) is 4.02. The average molecular weight is 285 g/mol. The smallest absolute Gasteiger partial charge is 0.0637 e. The summed E-state index contributed by atoms with van der Waals surface area (Å²) in [6, 6.07) is 5.66. The van der Waals surface area contributed by atoms with Crippen molar-refractivity contribution >= 4 is 35.6 Å². The van der Waals surface area contributed by atoms with Gasteiger partial charge in [-0.1, -0.05) is 35.3 Å². The third kappa shape index (κ3) is 5.37. The molecule has 0 radical (unpaired) electrons. The molecule has 0 atom stereocenters. The van der Waals surface area contributed by atoms with Gasteiger partial charge in [-0.3, -0.25) is 0 Å². The molecular formula is C11H16Cl3NO. The van der Waals surface area contributed by atoms with E-state index in [1.807, 2.05) is 12.1 Å². The van der Waals surface area contributed by atoms with Crippen LogP contribution in [0.15, 0.2) is 18.2 Å². The second-order valence-electron chi connectivity index (χ2n) is 3.24. The normalized spacial score (nSPS) is 9.94. The molecule has 0 saturated heterocycles. The van der Waals surface area contributed by atoms with E-state index in [2.05, 4.69) is 5.32 Å². The van der Waals surface area contributed by atoms with E-state index >= 15 is 0 Å². The molecule has 92 valence electrons. The first-order valence-corrected chi connectivity index (χ1v) is 5.64. The fraction of sp³-hybridized carbons (Fsp3) is 0.455. The standard InChI is InChI=1S/C11H15Cl2NO.ClH/c1-15-7-3-6-14-8-9-4-2-5-10(12)11(9)13;/h2,4-5,14H,3,6-8H2,1H3;1H. The van der Waals surface area contributed by atoms with Crippen molar-refractivity contribution in [2.45, 2.75) is 13.0 Å². The summed E-state index contributed by atoms with van der Waals surface area (Å²) in [5.41, 5.74) is 1.03. The first-order valence-electron chi connectivity index (χ1n) is 4.88. The van der Waals surface area contributed by atoms with Crippen LogP contribution in [-0.2, 0) is 11.3 Å². The first kappa shape index (κ1) is 16.0. The minimum Gasteiger partial charge on any atom is -0.385 e. The summed E-state index contributed by atoms with van der Waals surface area (Å²) in [6.45, 7) is 2.43. The molecule has 1 rings (SSSR count). The number of hydrogen-bond donors (Lipinski definition) is 1. The Morgan fingerprint density at radius 3 is 2.75 bits per heavy atom. The Hall–Kier alpha value is 0.01000. The highest BCUT2D eigenvalue weighted by atomic mass is 35.5. The molecular weight excluding hydrogens is 268 g/mol. The molecule has 2 nitrogen and oxygen atoms in total. The van der Waals surface area contributed by atoms with Crippen molar-refractivity contribution in [2.75, 3.05) is 20.3 Å². The van der Waals surface area contributed by atoms with Crippen LogP contribution in [0.1, 0.15) is 12.0 Å². The highest BCUT2D eigenvalue weighted by molar-refractivity contribution is 6.42. The highest BCUT2D eigenvalue weighted by Crippen LogP contribution is 2.25. The molecule has 16 heavy (non-hydrogen) atoms. The highest BCUT2D eigenvalue weighted by Gasteiger charge is 2.02. The molecule has 5 heteroatoms. The van der Waals surface area contributed by atoms with E-state index in [0.717, 1.165) is 31.7 Å². The quantitative estimate of drug-likeness (QED) is 0.807. The number of nitrogens with one attached hydrogen (secondary N) is 1. The maximum atomic E-state index is 6.04. The molecule has 0 fully saturated rings. The Balaban J connectivity index is 0.00000225. The topological polar surface area (TPSA) is 21.3 Å². The Morgan fingerprint density at radius 2 is 2.06 bits per heavy atom. The van der Waals surface area contributed by atoms with Gasteiger partial charge in [0.15, 0.2) is 0 Å². The Kier molecular flexibility index (Phi) is 9.09. The third-order valence-electron chi connectivity index (χ3n) is 2.05. The minimum atomic E-state index is 0. The van der Waals surface area contributed by atoms with E-state index in [1.165, 1.54) is 0 Å². The molecule has 0 unspecified atom stereocenters. The van der Waals surface area contributed by atoms with E-state index < -0.39 is 0 Å². The van der Waals surface area contributed by atoms with Crippen LogP contribution in [0.5, 0.6) is 0 Å². The van der Waals surface area contributed by atoms with Gasteiger partial charge in [0.2, 0.25) is 0 Å². The molecule has 0 aromatic heterocycles. The van der Waals surface area contributed by atoms with Crippen LogP contribution in [-0.4, -0.2) is 20.3 Å². The lowest BCUT2D eigenvalue weighted by atomic mass is 10.2. The van der Waals surface area contributed by atoms with Crippen molar-refractivity contribution in [3.8, 4) is 0 Å². The monoisotopic (exact) mass is 283 g/mol. The second kappa shape index (κ2) is 9.08. The van der Waals surface area contributed by atoms with Crippen molar-refractivity contribution in [3.05, 3.63) is 33.8 Å². The largest absolute Gasteiger partial charge is 0.385 e. The lowest BCUT2D eigenvalue weighted by Crippen LogP contribution is -2.16. The Labute approximate surface area is 113 Å². The fourth-order valence-electron chi connectivity index (χ4n) is 1.25. The van der Waals surface area contributed by atoms with Crippen LogP contribution in [0.4, 0.5) is 0 Å². The van der Waals surface area contributed by atoms with Crippen LogP contribution >= 0.6 is 35.6 Å². The lowest BCUT2D eigenvalue weighted by molar-refractivity contribution is 0.194. The number of methoxy groups -OCH3 is 1. The third-order valence-corrected chi connectivity index (χ3v) is 2.91. The number of hydrogen-bond acceptors (Lipinski definition) is 2. The first-order chi connectivity index (χ1) is 7.25. The average Bonchev–Trinajstić information content (AvgIpc) is 2.24. The SMILES string of the molecule is COCCCNCc1cccc(Cl)c1Cl.Cl. The molecule has 0 aliphatic heterocycles. The Bertz CT molecular complexity index is 307. The number of halogens is 3. The van der Waals surface area contributed by atoms with Crippen LogP contribution in [0.2, 0.25) is 10.0 Å².